The van der Waals surface area contributed by atoms with Crippen LogP contribution in [-0.4, -0.2) is 26.4 Å². The predicted molar refractivity (Wildman–Crippen MR) is 61.7 cm³/mol. The first-order valence-corrected chi connectivity index (χ1v) is 5.20. The standard InChI is InChI=1S/C13H19O2/c1-11(14-2)13(15-3)10-9-12-7-5-4-6-8-12/h4-8,10-11,13H,9H2,1-3H3. The summed E-state index contributed by atoms with van der Waals surface area (Å²) in [6, 6.07) is 10.3. The van der Waals surface area contributed by atoms with Gasteiger partial charge in [0.15, 0.2) is 0 Å². The van der Waals surface area contributed by atoms with E-state index in [1.807, 2.05) is 25.1 Å². The van der Waals surface area contributed by atoms with Crippen molar-refractivity contribution in [3.8, 4) is 0 Å². The Morgan fingerprint density at radius 3 is 2.33 bits per heavy atom. The number of methoxy groups -OCH3 is 2. The van der Waals surface area contributed by atoms with Crippen molar-refractivity contribution in [2.75, 3.05) is 14.2 Å². The van der Waals surface area contributed by atoms with E-state index in [1.54, 1.807) is 14.2 Å². The summed E-state index contributed by atoms with van der Waals surface area (Å²) < 4.78 is 10.6. The molecule has 2 atom stereocenters. The average Bonchev–Trinajstić information content (AvgIpc) is 2.31. The van der Waals surface area contributed by atoms with E-state index in [0.29, 0.717) is 0 Å². The monoisotopic (exact) mass is 207 g/mol. The van der Waals surface area contributed by atoms with Gasteiger partial charge in [-0.05, 0) is 25.3 Å². The Labute approximate surface area is 92.2 Å². The average molecular weight is 207 g/mol. The van der Waals surface area contributed by atoms with Gasteiger partial charge >= 0.3 is 0 Å². The minimum atomic E-state index is 0.0511. The molecule has 15 heavy (non-hydrogen) atoms. The van der Waals surface area contributed by atoms with Gasteiger partial charge in [0.25, 0.3) is 0 Å². The molecular formula is C13H19O2. The lowest BCUT2D eigenvalue weighted by atomic mass is 10.0. The van der Waals surface area contributed by atoms with Crippen LogP contribution in [0.3, 0.4) is 0 Å². The Balaban J connectivity index is 2.41. The van der Waals surface area contributed by atoms with Gasteiger partial charge < -0.3 is 9.47 Å². The van der Waals surface area contributed by atoms with Crippen molar-refractivity contribution in [2.24, 2.45) is 0 Å². The van der Waals surface area contributed by atoms with E-state index >= 15 is 0 Å². The van der Waals surface area contributed by atoms with Crippen LogP contribution in [0.4, 0.5) is 0 Å². The fourth-order valence-corrected chi connectivity index (χ4v) is 1.48. The number of benzene rings is 1. The van der Waals surface area contributed by atoms with Crippen molar-refractivity contribution in [2.45, 2.75) is 25.6 Å². The van der Waals surface area contributed by atoms with Crippen LogP contribution in [0.1, 0.15) is 12.5 Å². The molecule has 0 spiro atoms. The molecule has 0 bridgehead atoms. The molecule has 0 aromatic heterocycles. The number of ether oxygens (including phenoxy) is 2. The fourth-order valence-electron chi connectivity index (χ4n) is 1.48. The van der Waals surface area contributed by atoms with Crippen LogP contribution in [0.5, 0.6) is 0 Å². The molecule has 1 rings (SSSR count). The zero-order chi connectivity index (χ0) is 11.1. The minimum absolute atomic E-state index is 0.0511. The maximum absolute atomic E-state index is 5.34. The van der Waals surface area contributed by atoms with Gasteiger partial charge in [0, 0.05) is 14.2 Å². The van der Waals surface area contributed by atoms with Gasteiger partial charge in [-0.15, -0.1) is 0 Å². The van der Waals surface area contributed by atoms with Crippen molar-refractivity contribution < 1.29 is 9.47 Å². The van der Waals surface area contributed by atoms with Crippen LogP contribution in [0.15, 0.2) is 30.3 Å². The Kier molecular flexibility index (Phi) is 5.37. The summed E-state index contributed by atoms with van der Waals surface area (Å²) in [5.74, 6) is 0. The highest BCUT2D eigenvalue weighted by atomic mass is 16.5. The van der Waals surface area contributed by atoms with Crippen molar-refractivity contribution in [1.82, 2.24) is 0 Å². The highest BCUT2D eigenvalue weighted by Gasteiger charge is 2.15. The van der Waals surface area contributed by atoms with E-state index in [0.717, 1.165) is 6.42 Å². The third-order valence-electron chi connectivity index (χ3n) is 2.54. The van der Waals surface area contributed by atoms with E-state index in [1.165, 1.54) is 5.56 Å². The van der Waals surface area contributed by atoms with Crippen LogP contribution in [0.25, 0.3) is 0 Å². The predicted octanol–water partition coefficient (Wildman–Crippen LogP) is 2.48. The van der Waals surface area contributed by atoms with Crippen LogP contribution in [0.2, 0.25) is 0 Å². The molecule has 0 fully saturated rings. The fraction of sp³-hybridized carbons (Fsp3) is 0.462. The summed E-state index contributed by atoms with van der Waals surface area (Å²) in [4.78, 5) is 0. The maximum Gasteiger partial charge on any atom is 0.0864 e. The van der Waals surface area contributed by atoms with Crippen LogP contribution in [-0.2, 0) is 15.9 Å². The molecule has 2 unspecified atom stereocenters. The second-order valence-corrected chi connectivity index (χ2v) is 3.57. The summed E-state index contributed by atoms with van der Waals surface area (Å²) in [6.07, 6.45) is 3.20. The van der Waals surface area contributed by atoms with Crippen molar-refractivity contribution >= 4 is 0 Å². The summed E-state index contributed by atoms with van der Waals surface area (Å²) in [5, 5.41) is 0. The van der Waals surface area contributed by atoms with Gasteiger partial charge in [-0.1, -0.05) is 30.3 Å². The zero-order valence-electron chi connectivity index (χ0n) is 9.64. The SMILES string of the molecule is COC(C)C([CH]Cc1ccccc1)OC. The maximum atomic E-state index is 5.34. The molecule has 0 N–H and O–H groups in total. The number of hydrogen-bond acceptors (Lipinski definition) is 2. The molecule has 1 aromatic carbocycles. The summed E-state index contributed by atoms with van der Waals surface area (Å²) >= 11 is 0. The zero-order valence-corrected chi connectivity index (χ0v) is 9.64. The highest BCUT2D eigenvalue weighted by molar-refractivity contribution is 5.17. The van der Waals surface area contributed by atoms with Gasteiger partial charge in [-0.3, -0.25) is 0 Å². The molecule has 1 radical (unpaired) electrons. The largest absolute Gasteiger partial charge is 0.379 e. The normalized spacial score (nSPS) is 14.9. The molecule has 0 aliphatic carbocycles. The lowest BCUT2D eigenvalue weighted by Gasteiger charge is -2.20. The molecule has 1 aromatic rings. The second kappa shape index (κ2) is 6.59. The third kappa shape index (κ3) is 4.02. The van der Waals surface area contributed by atoms with E-state index in [2.05, 4.69) is 18.6 Å². The van der Waals surface area contributed by atoms with Gasteiger partial charge in [0.2, 0.25) is 0 Å². The van der Waals surface area contributed by atoms with Crippen LogP contribution >= 0.6 is 0 Å². The van der Waals surface area contributed by atoms with Gasteiger partial charge in [0.05, 0.1) is 12.2 Å². The van der Waals surface area contributed by atoms with Crippen molar-refractivity contribution in [3.05, 3.63) is 42.3 Å². The third-order valence-corrected chi connectivity index (χ3v) is 2.54. The minimum Gasteiger partial charge on any atom is -0.379 e. The molecular weight excluding hydrogens is 188 g/mol. The van der Waals surface area contributed by atoms with E-state index in [9.17, 15) is 0 Å². The van der Waals surface area contributed by atoms with Crippen LogP contribution < -0.4 is 0 Å². The summed E-state index contributed by atoms with van der Waals surface area (Å²) in [7, 11) is 3.41. The van der Waals surface area contributed by atoms with E-state index < -0.39 is 0 Å². The highest BCUT2D eigenvalue weighted by Crippen LogP contribution is 2.10. The first kappa shape index (κ1) is 12.2. The first-order valence-electron chi connectivity index (χ1n) is 5.20. The van der Waals surface area contributed by atoms with Gasteiger partial charge in [-0.2, -0.15) is 0 Å². The lowest BCUT2D eigenvalue weighted by molar-refractivity contribution is -0.00958. The molecule has 0 saturated heterocycles. The second-order valence-electron chi connectivity index (χ2n) is 3.57. The Hall–Kier alpha value is -0.860. The van der Waals surface area contributed by atoms with Crippen LogP contribution in [0, 0.1) is 6.42 Å². The molecule has 0 amide bonds. The number of rotatable bonds is 6. The number of hydrogen-bond donors (Lipinski definition) is 0. The first-order chi connectivity index (χ1) is 7.27. The molecule has 0 saturated carbocycles. The van der Waals surface area contributed by atoms with Crippen molar-refractivity contribution in [1.29, 1.82) is 0 Å². The molecule has 0 aliphatic heterocycles. The lowest BCUT2D eigenvalue weighted by Crippen LogP contribution is -2.28. The topological polar surface area (TPSA) is 18.5 Å². The molecule has 83 valence electrons. The molecule has 2 nitrogen and oxygen atoms in total. The molecule has 2 heteroatoms. The van der Waals surface area contributed by atoms with E-state index in [4.69, 9.17) is 9.47 Å². The van der Waals surface area contributed by atoms with Gasteiger partial charge in [-0.25, -0.2) is 0 Å². The summed E-state index contributed by atoms with van der Waals surface area (Å²) in [6.45, 7) is 2.01. The Morgan fingerprint density at radius 2 is 1.80 bits per heavy atom. The molecule has 0 heterocycles. The van der Waals surface area contributed by atoms with E-state index in [-0.39, 0.29) is 12.2 Å². The Bertz CT molecular complexity index is 258. The Morgan fingerprint density at radius 1 is 1.13 bits per heavy atom. The van der Waals surface area contributed by atoms with Gasteiger partial charge in [0.1, 0.15) is 0 Å². The molecule has 0 aliphatic rings. The summed E-state index contributed by atoms with van der Waals surface area (Å²) in [5.41, 5.74) is 1.29. The quantitative estimate of drug-likeness (QED) is 0.713. The van der Waals surface area contributed by atoms with Crippen molar-refractivity contribution in [3.63, 3.8) is 0 Å². The smallest absolute Gasteiger partial charge is 0.0864 e.